The number of fused-ring (bicyclic) bond motifs is 6. The van der Waals surface area contributed by atoms with E-state index in [2.05, 4.69) is 218 Å². The minimum Gasteiger partial charge on any atom is -0.310 e. The van der Waals surface area contributed by atoms with Crippen LogP contribution in [0.3, 0.4) is 0 Å². The summed E-state index contributed by atoms with van der Waals surface area (Å²) in [6.45, 7) is 7.02. The Morgan fingerprint density at radius 1 is 0.500 bits per heavy atom. The molecule has 0 aliphatic heterocycles. The lowest BCUT2D eigenvalue weighted by molar-refractivity contribution is 0.635. The lowest BCUT2D eigenvalue weighted by Gasteiger charge is -2.29. The van der Waals surface area contributed by atoms with Gasteiger partial charge in [0.2, 0.25) is 0 Å². The van der Waals surface area contributed by atoms with Gasteiger partial charge >= 0.3 is 0 Å². The van der Waals surface area contributed by atoms with Crippen molar-refractivity contribution in [3.8, 4) is 27.9 Å². The minimum atomic E-state index is -0.0828. The lowest BCUT2D eigenvalue weighted by Crippen LogP contribution is -2.16. The van der Waals surface area contributed by atoms with E-state index in [1.54, 1.807) is 0 Å². The van der Waals surface area contributed by atoms with Crippen molar-refractivity contribution in [3.63, 3.8) is 0 Å². The number of anilines is 3. The first-order chi connectivity index (χ1) is 26.5. The molecule has 2 heteroatoms. The maximum Gasteiger partial charge on any atom is 0.0541 e. The van der Waals surface area contributed by atoms with Crippen molar-refractivity contribution in [1.29, 1.82) is 0 Å². The normalized spacial score (nSPS) is 16.8. The van der Waals surface area contributed by atoms with Gasteiger partial charge in [-0.05, 0) is 112 Å². The van der Waals surface area contributed by atoms with Crippen LogP contribution in [-0.4, -0.2) is 4.57 Å². The molecule has 7 aromatic carbocycles. The Hall–Kier alpha value is -6.38. The van der Waals surface area contributed by atoms with Gasteiger partial charge in [0.1, 0.15) is 0 Å². The van der Waals surface area contributed by atoms with E-state index in [-0.39, 0.29) is 5.41 Å². The standard InChI is InChI=1S/C52H42N2/c1-35-13-7-8-16-43(35)37-23-28-41(29-24-37)53(42-30-31-45-44-17-9-11-19-48(44)52(2,3)49(45)34-42)40-26-21-36(22-27-40)38-25-32-51-47(33-38)46-18-10-12-20-50(46)54(51)39-14-5-4-6-15-39/h4-35,43H,1-3H3. The summed E-state index contributed by atoms with van der Waals surface area (Å²) in [5.74, 6) is 0.856. The molecule has 2 nitrogen and oxygen atoms in total. The van der Waals surface area contributed by atoms with E-state index in [1.165, 1.54) is 72.1 Å². The monoisotopic (exact) mass is 694 g/mol. The molecule has 1 aromatic heterocycles. The predicted molar refractivity (Wildman–Crippen MR) is 229 cm³/mol. The molecule has 2 atom stereocenters. The minimum absolute atomic E-state index is 0.0828. The van der Waals surface area contributed by atoms with Crippen LogP contribution < -0.4 is 4.90 Å². The molecule has 0 saturated carbocycles. The molecule has 0 amide bonds. The molecule has 2 aliphatic rings. The zero-order valence-electron chi connectivity index (χ0n) is 30.9. The van der Waals surface area contributed by atoms with Crippen LogP contribution in [0.1, 0.15) is 43.4 Å². The summed E-state index contributed by atoms with van der Waals surface area (Å²) >= 11 is 0. The van der Waals surface area contributed by atoms with Crippen LogP contribution in [0.5, 0.6) is 0 Å². The SMILES string of the molecule is CC1C=CC=CC1c1ccc(N(c2ccc(-c3ccc4c(c3)c3ccccc3n4-c3ccccc3)cc2)c2ccc3c(c2)C(C)(C)c2ccccc2-3)cc1. The average Bonchev–Trinajstić information content (AvgIpc) is 3.67. The first kappa shape index (κ1) is 32.3. The smallest absolute Gasteiger partial charge is 0.0541 e. The van der Waals surface area contributed by atoms with Crippen LogP contribution in [0.15, 0.2) is 188 Å². The van der Waals surface area contributed by atoms with E-state index in [1.807, 2.05) is 0 Å². The third kappa shape index (κ3) is 5.16. The molecule has 2 unspecified atom stereocenters. The maximum absolute atomic E-state index is 2.42. The van der Waals surface area contributed by atoms with Gasteiger partial charge in [-0.25, -0.2) is 0 Å². The van der Waals surface area contributed by atoms with Gasteiger partial charge in [-0.2, -0.15) is 0 Å². The van der Waals surface area contributed by atoms with Crippen molar-refractivity contribution < 1.29 is 0 Å². The second-order valence-corrected chi connectivity index (χ2v) is 15.4. The summed E-state index contributed by atoms with van der Waals surface area (Å²) in [5, 5.41) is 2.53. The van der Waals surface area contributed by atoms with E-state index in [4.69, 9.17) is 0 Å². The highest BCUT2D eigenvalue weighted by Crippen LogP contribution is 2.50. The Kier molecular flexibility index (Phi) is 7.56. The molecule has 8 aromatic rings. The first-order valence-electron chi connectivity index (χ1n) is 19.1. The number of hydrogen-bond donors (Lipinski definition) is 0. The number of para-hydroxylation sites is 2. The van der Waals surface area contributed by atoms with Crippen molar-refractivity contribution in [2.24, 2.45) is 5.92 Å². The quantitative estimate of drug-likeness (QED) is 0.168. The van der Waals surface area contributed by atoms with Crippen LogP contribution in [0.2, 0.25) is 0 Å². The van der Waals surface area contributed by atoms with E-state index < -0.39 is 0 Å². The number of rotatable bonds is 6. The van der Waals surface area contributed by atoms with Gasteiger partial charge in [-0.1, -0.05) is 142 Å². The second kappa shape index (κ2) is 12.6. The highest BCUT2D eigenvalue weighted by molar-refractivity contribution is 6.10. The Morgan fingerprint density at radius 2 is 1.13 bits per heavy atom. The summed E-state index contributed by atoms with van der Waals surface area (Å²) in [4.78, 5) is 2.42. The molecule has 260 valence electrons. The van der Waals surface area contributed by atoms with Crippen molar-refractivity contribution in [1.82, 2.24) is 4.57 Å². The number of hydrogen-bond acceptors (Lipinski definition) is 1. The third-order valence-corrected chi connectivity index (χ3v) is 11.9. The van der Waals surface area contributed by atoms with Crippen LogP contribution in [0.25, 0.3) is 49.7 Å². The fourth-order valence-corrected chi connectivity index (χ4v) is 9.07. The summed E-state index contributed by atoms with van der Waals surface area (Å²) in [6.07, 6.45) is 8.97. The van der Waals surface area contributed by atoms with Crippen molar-refractivity contribution in [2.75, 3.05) is 4.90 Å². The van der Waals surface area contributed by atoms with Gasteiger partial charge in [0.25, 0.3) is 0 Å². The topological polar surface area (TPSA) is 8.17 Å². The fraction of sp³-hybridized carbons (Fsp3) is 0.115. The summed E-state index contributed by atoms with van der Waals surface area (Å²) in [5.41, 5.74) is 16.2. The first-order valence-corrected chi connectivity index (χ1v) is 19.1. The molecule has 0 N–H and O–H groups in total. The van der Waals surface area contributed by atoms with Gasteiger partial charge < -0.3 is 9.47 Å². The molecule has 0 bridgehead atoms. The van der Waals surface area contributed by atoms with Crippen LogP contribution >= 0.6 is 0 Å². The lowest BCUT2D eigenvalue weighted by atomic mass is 9.82. The zero-order chi connectivity index (χ0) is 36.4. The van der Waals surface area contributed by atoms with Crippen LogP contribution in [0.4, 0.5) is 17.1 Å². The van der Waals surface area contributed by atoms with Crippen molar-refractivity contribution in [2.45, 2.75) is 32.1 Å². The Labute approximate surface area is 318 Å². The number of allylic oxidation sites excluding steroid dienone is 4. The Bertz CT molecular complexity index is 2740. The summed E-state index contributed by atoms with van der Waals surface area (Å²) in [7, 11) is 0. The summed E-state index contributed by atoms with van der Waals surface area (Å²) < 4.78 is 2.37. The largest absolute Gasteiger partial charge is 0.310 e. The van der Waals surface area contributed by atoms with E-state index in [0.717, 1.165) is 11.4 Å². The summed E-state index contributed by atoms with van der Waals surface area (Å²) in [6, 6.07) is 60.6. The van der Waals surface area contributed by atoms with Crippen molar-refractivity contribution >= 4 is 38.9 Å². The van der Waals surface area contributed by atoms with Gasteiger partial charge in [-0.3, -0.25) is 0 Å². The van der Waals surface area contributed by atoms with Crippen LogP contribution in [0, 0.1) is 5.92 Å². The van der Waals surface area contributed by atoms with Gasteiger partial charge in [0.15, 0.2) is 0 Å². The number of benzene rings is 7. The maximum atomic E-state index is 2.42. The Balaban J connectivity index is 1.06. The zero-order valence-corrected chi connectivity index (χ0v) is 30.9. The molecule has 2 aliphatic carbocycles. The molecule has 54 heavy (non-hydrogen) atoms. The highest BCUT2D eigenvalue weighted by atomic mass is 15.1. The van der Waals surface area contributed by atoms with Crippen LogP contribution in [-0.2, 0) is 5.41 Å². The molecule has 0 spiro atoms. The number of aromatic nitrogens is 1. The molecule has 0 saturated heterocycles. The fourth-order valence-electron chi connectivity index (χ4n) is 9.07. The second-order valence-electron chi connectivity index (χ2n) is 15.4. The molecule has 0 fully saturated rings. The Morgan fingerprint density at radius 3 is 1.93 bits per heavy atom. The van der Waals surface area contributed by atoms with E-state index in [0.29, 0.717) is 11.8 Å². The average molecular weight is 695 g/mol. The molecule has 10 rings (SSSR count). The molecular formula is C52H42N2. The predicted octanol–water partition coefficient (Wildman–Crippen LogP) is 14.1. The van der Waals surface area contributed by atoms with Crippen molar-refractivity contribution in [3.05, 3.63) is 205 Å². The highest BCUT2D eigenvalue weighted by Gasteiger charge is 2.35. The van der Waals surface area contributed by atoms with E-state index in [9.17, 15) is 0 Å². The van der Waals surface area contributed by atoms with Gasteiger partial charge in [0.05, 0.1) is 11.0 Å². The molecule has 0 radical (unpaired) electrons. The van der Waals surface area contributed by atoms with Gasteiger partial charge in [0, 0.05) is 44.9 Å². The van der Waals surface area contributed by atoms with E-state index >= 15 is 0 Å². The van der Waals surface area contributed by atoms with Gasteiger partial charge in [-0.15, -0.1) is 0 Å². The number of nitrogens with zero attached hydrogens (tertiary/aromatic N) is 2. The molecule has 1 heterocycles. The molecular weight excluding hydrogens is 653 g/mol. The third-order valence-electron chi connectivity index (χ3n) is 11.9.